The van der Waals surface area contributed by atoms with Gasteiger partial charge in [-0.15, -0.1) is 0 Å². The first-order valence-electron chi connectivity index (χ1n) is 8.51. The first-order valence-corrected chi connectivity index (χ1v) is 8.51. The number of benzene rings is 1. The number of piperidine rings is 1. The first-order chi connectivity index (χ1) is 12.7. The lowest BCUT2D eigenvalue weighted by molar-refractivity contribution is 0.254. The number of nitrogens with zero attached hydrogens (tertiary/aromatic N) is 3. The molecule has 7 heteroatoms. The number of amides is 2. The van der Waals surface area contributed by atoms with Crippen LogP contribution in [0.1, 0.15) is 24.3 Å². The summed E-state index contributed by atoms with van der Waals surface area (Å²) in [7, 11) is 0. The van der Waals surface area contributed by atoms with Crippen LogP contribution in [0.4, 0.5) is 10.5 Å². The minimum atomic E-state index is -0.424. The molecule has 0 aliphatic carbocycles. The van der Waals surface area contributed by atoms with Crippen molar-refractivity contribution in [3.05, 3.63) is 48.0 Å². The Kier molecular flexibility index (Phi) is 5.70. The van der Waals surface area contributed by atoms with Crippen molar-refractivity contribution in [2.24, 2.45) is 9.98 Å². The van der Waals surface area contributed by atoms with Gasteiger partial charge < -0.3 is 10.6 Å². The second kappa shape index (κ2) is 8.35. The molecule has 1 aromatic heterocycles. The Morgan fingerprint density at radius 3 is 2.81 bits per heavy atom. The summed E-state index contributed by atoms with van der Waals surface area (Å²) in [6.45, 7) is 8.79. The monoisotopic (exact) mass is 350 g/mol. The van der Waals surface area contributed by atoms with Crippen LogP contribution >= 0.6 is 0 Å². The van der Waals surface area contributed by atoms with Gasteiger partial charge in [0.2, 0.25) is 0 Å². The van der Waals surface area contributed by atoms with E-state index in [4.69, 9.17) is 0 Å². The number of aromatic nitrogens is 1. The number of hydrogen-bond donors (Lipinski definition) is 3. The molecule has 134 valence electrons. The van der Waals surface area contributed by atoms with Gasteiger partial charge in [-0.1, -0.05) is 6.07 Å². The van der Waals surface area contributed by atoms with Crippen molar-refractivity contribution in [2.75, 3.05) is 18.4 Å². The molecule has 3 rings (SSSR count). The highest BCUT2D eigenvalue weighted by Gasteiger charge is 2.16. The summed E-state index contributed by atoms with van der Waals surface area (Å²) in [4.78, 5) is 23.9. The van der Waals surface area contributed by atoms with Crippen LogP contribution in [-0.4, -0.2) is 37.5 Å². The summed E-state index contributed by atoms with van der Waals surface area (Å²) in [6, 6.07) is 7.63. The van der Waals surface area contributed by atoms with E-state index in [2.05, 4.69) is 56.5 Å². The van der Waals surface area contributed by atoms with Gasteiger partial charge in [0, 0.05) is 11.6 Å². The normalized spacial score (nSPS) is 15.5. The average Bonchev–Trinajstić information content (AvgIpc) is 2.68. The molecule has 0 saturated carbocycles. The lowest BCUT2D eigenvalue weighted by atomic mass is 9.89. The van der Waals surface area contributed by atoms with Crippen LogP contribution in [0.15, 0.2) is 52.5 Å². The van der Waals surface area contributed by atoms with E-state index in [9.17, 15) is 4.79 Å². The third-order valence-electron chi connectivity index (χ3n) is 4.45. The fourth-order valence-electron chi connectivity index (χ4n) is 3.15. The van der Waals surface area contributed by atoms with Gasteiger partial charge in [-0.25, -0.2) is 9.79 Å². The minimum absolute atomic E-state index is 0.228. The van der Waals surface area contributed by atoms with Crippen LogP contribution in [0.3, 0.4) is 0 Å². The number of hydrogen-bond acceptors (Lipinski definition) is 5. The summed E-state index contributed by atoms with van der Waals surface area (Å²) in [5.41, 5.74) is 2.81. The van der Waals surface area contributed by atoms with Crippen LogP contribution in [-0.2, 0) is 0 Å². The average molecular weight is 350 g/mol. The number of nitrogens with one attached hydrogen (secondary N) is 3. The Morgan fingerprint density at radius 1 is 1.27 bits per heavy atom. The Labute approximate surface area is 152 Å². The maximum Gasteiger partial charge on any atom is 0.324 e. The highest BCUT2D eigenvalue weighted by Crippen LogP contribution is 2.30. The Balaban J connectivity index is 1.85. The van der Waals surface area contributed by atoms with Crippen LogP contribution in [0, 0.1) is 0 Å². The fraction of sp³-hybridized carbons (Fsp3) is 0.263. The Hall–Kier alpha value is -3.06. The van der Waals surface area contributed by atoms with Crippen LogP contribution in [0.2, 0.25) is 0 Å². The van der Waals surface area contributed by atoms with Crippen molar-refractivity contribution in [3.8, 4) is 0 Å². The molecule has 1 aliphatic rings. The smallest absolute Gasteiger partial charge is 0.317 e. The van der Waals surface area contributed by atoms with Gasteiger partial charge in [-0.3, -0.25) is 15.3 Å². The molecule has 1 saturated heterocycles. The molecule has 0 spiro atoms. The zero-order valence-electron chi connectivity index (χ0n) is 14.5. The lowest BCUT2D eigenvalue weighted by Gasteiger charge is -2.23. The summed E-state index contributed by atoms with van der Waals surface area (Å²) in [5.74, 6) is 0.756. The third-order valence-corrected chi connectivity index (χ3v) is 4.45. The number of carbonyl (C=O) groups excluding carboxylic acids is 1. The molecule has 3 N–H and O–H groups in total. The molecule has 0 radical (unpaired) electrons. The van der Waals surface area contributed by atoms with Crippen molar-refractivity contribution < 1.29 is 4.79 Å². The van der Waals surface area contributed by atoms with E-state index in [0.717, 1.165) is 36.8 Å². The van der Waals surface area contributed by atoms with Crippen LogP contribution in [0.25, 0.3) is 10.9 Å². The zero-order valence-corrected chi connectivity index (χ0v) is 14.5. The lowest BCUT2D eigenvalue weighted by Crippen LogP contribution is -2.27. The number of carbonyl (C=O) groups is 1. The molecule has 1 aliphatic heterocycles. The van der Waals surface area contributed by atoms with E-state index in [0.29, 0.717) is 11.6 Å². The number of pyridine rings is 1. The largest absolute Gasteiger partial charge is 0.324 e. The van der Waals surface area contributed by atoms with E-state index < -0.39 is 6.03 Å². The molecule has 1 fully saturated rings. The van der Waals surface area contributed by atoms with Crippen molar-refractivity contribution >= 4 is 36.1 Å². The molecule has 2 amide bonds. The molecule has 1 aromatic carbocycles. The maximum atomic E-state index is 12.2. The molecule has 26 heavy (non-hydrogen) atoms. The van der Waals surface area contributed by atoms with E-state index in [-0.39, 0.29) is 5.82 Å². The summed E-state index contributed by atoms with van der Waals surface area (Å²) in [5, 5.41) is 9.72. The van der Waals surface area contributed by atoms with Gasteiger partial charge in [0.15, 0.2) is 5.82 Å². The van der Waals surface area contributed by atoms with Crippen molar-refractivity contribution in [2.45, 2.75) is 18.8 Å². The standard InChI is InChI=1S/C19H22N6O/c1-20-12-18(21-2)25-19(26)24-17-7-10-23-16-4-3-14(11-15(16)17)13-5-8-22-9-6-13/h3-4,7,10-13,22H,1-2,5-6,8-9H2,(H2,23,24,25,26)/b18-12+. The molecule has 0 bridgehead atoms. The third kappa shape index (κ3) is 4.12. The molecule has 7 nitrogen and oxygen atoms in total. The van der Waals surface area contributed by atoms with Gasteiger partial charge in [0.25, 0.3) is 0 Å². The molecule has 2 heterocycles. The topological polar surface area (TPSA) is 90.8 Å². The fourth-order valence-corrected chi connectivity index (χ4v) is 3.15. The van der Waals surface area contributed by atoms with Gasteiger partial charge in [-0.2, -0.15) is 0 Å². The quantitative estimate of drug-likeness (QED) is 0.724. The highest BCUT2D eigenvalue weighted by molar-refractivity contribution is 6.00. The minimum Gasteiger partial charge on any atom is -0.317 e. The second-order valence-electron chi connectivity index (χ2n) is 6.09. The molecule has 2 aromatic rings. The molecule has 0 unspecified atom stereocenters. The predicted molar refractivity (Wildman–Crippen MR) is 106 cm³/mol. The number of anilines is 1. The van der Waals surface area contributed by atoms with Crippen LogP contribution in [0.5, 0.6) is 0 Å². The number of rotatable bonds is 5. The van der Waals surface area contributed by atoms with Crippen molar-refractivity contribution in [3.63, 3.8) is 0 Å². The van der Waals surface area contributed by atoms with E-state index in [1.165, 1.54) is 11.8 Å². The summed E-state index contributed by atoms with van der Waals surface area (Å²) >= 11 is 0. The van der Waals surface area contributed by atoms with Crippen molar-refractivity contribution in [1.29, 1.82) is 0 Å². The number of aliphatic imine (C=N–C) groups is 2. The maximum absolute atomic E-state index is 12.2. The first kappa shape index (κ1) is 17.8. The van der Waals surface area contributed by atoms with Gasteiger partial charge >= 0.3 is 6.03 Å². The number of urea groups is 1. The predicted octanol–water partition coefficient (Wildman–Crippen LogP) is 3.02. The second-order valence-corrected chi connectivity index (χ2v) is 6.09. The number of fused-ring (bicyclic) bond motifs is 1. The SMILES string of the molecule is C=N/C=C(\N=C)NC(=O)Nc1ccnc2ccc(C3CCNCC3)cc12. The molecular weight excluding hydrogens is 328 g/mol. The van der Waals surface area contributed by atoms with Crippen LogP contribution < -0.4 is 16.0 Å². The summed E-state index contributed by atoms with van der Waals surface area (Å²) < 4.78 is 0. The van der Waals surface area contributed by atoms with E-state index in [1.54, 1.807) is 12.3 Å². The van der Waals surface area contributed by atoms with Gasteiger partial charge in [0.1, 0.15) is 0 Å². The van der Waals surface area contributed by atoms with Gasteiger partial charge in [0.05, 0.1) is 17.4 Å². The van der Waals surface area contributed by atoms with Crippen molar-refractivity contribution in [1.82, 2.24) is 15.6 Å². The Bertz CT molecular complexity index is 854. The zero-order chi connectivity index (χ0) is 18.4. The van der Waals surface area contributed by atoms with E-state index >= 15 is 0 Å². The Morgan fingerprint density at radius 2 is 2.08 bits per heavy atom. The molecular formula is C19H22N6O. The van der Waals surface area contributed by atoms with Gasteiger partial charge in [-0.05, 0) is 69.0 Å². The highest BCUT2D eigenvalue weighted by atomic mass is 16.2. The molecule has 0 atom stereocenters. The summed E-state index contributed by atoms with van der Waals surface area (Å²) in [6.07, 6.45) is 5.23. The van der Waals surface area contributed by atoms with E-state index in [1.807, 2.05) is 6.07 Å².